The zero-order valence-corrected chi connectivity index (χ0v) is 11.5. The topological polar surface area (TPSA) is 130 Å². The molecule has 0 aliphatic carbocycles. The van der Waals surface area contributed by atoms with Crippen LogP contribution in [0.3, 0.4) is 0 Å². The van der Waals surface area contributed by atoms with Gasteiger partial charge in [0.1, 0.15) is 0 Å². The predicted molar refractivity (Wildman–Crippen MR) is 73.4 cm³/mol. The third kappa shape index (κ3) is 3.82. The molecule has 112 valence electrons. The van der Waals surface area contributed by atoms with Gasteiger partial charge >= 0.3 is 5.69 Å². The Kier molecular flexibility index (Phi) is 5.29. The Bertz CT molecular complexity index is 490. The van der Waals surface area contributed by atoms with E-state index < -0.39 is 34.3 Å². The van der Waals surface area contributed by atoms with Gasteiger partial charge in [-0.2, -0.15) is 0 Å². The molecule has 0 unspecified atom stereocenters. The van der Waals surface area contributed by atoms with Crippen LogP contribution in [0.5, 0.6) is 11.5 Å². The highest BCUT2D eigenvalue weighted by Gasteiger charge is 2.24. The van der Waals surface area contributed by atoms with Gasteiger partial charge in [0.15, 0.2) is 5.75 Å². The number of aliphatic hydroxyl groups excluding tert-OH is 1. The van der Waals surface area contributed by atoms with Crippen LogP contribution in [0.25, 0.3) is 0 Å². The Morgan fingerprint density at radius 2 is 1.90 bits per heavy atom. The Morgan fingerprint density at radius 3 is 2.40 bits per heavy atom. The van der Waals surface area contributed by atoms with Crippen molar-refractivity contribution in [1.82, 2.24) is 0 Å². The highest BCUT2D eigenvalue weighted by molar-refractivity contribution is 5.57. The Balaban J connectivity index is 2.98. The maximum absolute atomic E-state index is 10.8. The summed E-state index contributed by atoms with van der Waals surface area (Å²) in [5.41, 5.74) is 5.43. The molecule has 0 saturated heterocycles. The molecule has 1 aromatic carbocycles. The zero-order valence-electron chi connectivity index (χ0n) is 11.5. The summed E-state index contributed by atoms with van der Waals surface area (Å²) in [5, 5.41) is 39.6. The van der Waals surface area contributed by atoms with E-state index in [0.29, 0.717) is 12.3 Å². The van der Waals surface area contributed by atoms with Crippen molar-refractivity contribution in [2.24, 2.45) is 11.7 Å². The van der Waals surface area contributed by atoms with Gasteiger partial charge in [-0.3, -0.25) is 10.1 Å². The number of aliphatic hydroxyl groups is 1. The van der Waals surface area contributed by atoms with E-state index in [1.807, 2.05) is 13.8 Å². The van der Waals surface area contributed by atoms with Gasteiger partial charge in [-0.25, -0.2) is 0 Å². The number of hydrogen-bond donors (Lipinski definition) is 4. The number of nitro groups is 1. The monoisotopic (exact) mass is 284 g/mol. The largest absolute Gasteiger partial charge is 0.504 e. The van der Waals surface area contributed by atoms with Gasteiger partial charge in [0, 0.05) is 6.07 Å². The minimum atomic E-state index is -0.874. The van der Waals surface area contributed by atoms with E-state index >= 15 is 0 Å². The Hall–Kier alpha value is -1.86. The summed E-state index contributed by atoms with van der Waals surface area (Å²) in [7, 11) is 0. The van der Waals surface area contributed by atoms with Gasteiger partial charge in [-0.15, -0.1) is 0 Å². The van der Waals surface area contributed by atoms with Crippen LogP contribution in [-0.4, -0.2) is 26.3 Å². The average Bonchev–Trinajstić information content (AvgIpc) is 2.37. The molecule has 5 N–H and O–H groups in total. The lowest BCUT2D eigenvalue weighted by Gasteiger charge is -2.20. The smallest absolute Gasteiger partial charge is 0.314 e. The molecule has 20 heavy (non-hydrogen) atoms. The van der Waals surface area contributed by atoms with Crippen LogP contribution in [0, 0.1) is 16.0 Å². The van der Waals surface area contributed by atoms with E-state index in [4.69, 9.17) is 5.73 Å². The average molecular weight is 284 g/mol. The van der Waals surface area contributed by atoms with Crippen LogP contribution in [0.4, 0.5) is 5.69 Å². The van der Waals surface area contributed by atoms with Crippen LogP contribution in [0.2, 0.25) is 0 Å². The van der Waals surface area contributed by atoms with Crippen LogP contribution >= 0.6 is 0 Å². The van der Waals surface area contributed by atoms with E-state index in [9.17, 15) is 25.4 Å². The zero-order chi connectivity index (χ0) is 15.4. The number of nitro benzene ring substituents is 1. The molecule has 0 spiro atoms. The summed E-state index contributed by atoms with van der Waals surface area (Å²) in [6, 6.07) is 1.34. The first-order chi connectivity index (χ1) is 9.23. The van der Waals surface area contributed by atoms with Crippen molar-refractivity contribution in [3.63, 3.8) is 0 Å². The van der Waals surface area contributed by atoms with Crippen LogP contribution in [0.15, 0.2) is 12.1 Å². The van der Waals surface area contributed by atoms with Crippen molar-refractivity contribution < 1.29 is 20.2 Å². The summed E-state index contributed by atoms with van der Waals surface area (Å²) in [6.07, 6.45) is 0.343. The first-order valence-electron chi connectivity index (χ1n) is 6.38. The van der Waals surface area contributed by atoms with Crippen molar-refractivity contribution >= 4 is 5.69 Å². The molecule has 0 aliphatic heterocycles. The number of hydrogen-bond acceptors (Lipinski definition) is 6. The number of rotatable bonds is 6. The van der Waals surface area contributed by atoms with E-state index in [1.165, 1.54) is 0 Å². The van der Waals surface area contributed by atoms with Crippen molar-refractivity contribution in [3.8, 4) is 11.5 Å². The van der Waals surface area contributed by atoms with Gasteiger partial charge < -0.3 is 21.1 Å². The predicted octanol–water partition coefficient (Wildman–Crippen LogP) is 1.80. The number of aromatic hydroxyl groups is 2. The molecule has 2 atom stereocenters. The second kappa shape index (κ2) is 6.53. The van der Waals surface area contributed by atoms with Gasteiger partial charge in [0.05, 0.1) is 17.1 Å². The summed E-state index contributed by atoms with van der Waals surface area (Å²) < 4.78 is 0. The van der Waals surface area contributed by atoms with Gasteiger partial charge in [-0.05, 0) is 30.4 Å². The maximum Gasteiger partial charge on any atom is 0.314 e. The normalized spacial score (nSPS) is 14.2. The molecule has 0 radical (unpaired) electrons. The lowest BCUT2D eigenvalue weighted by molar-refractivity contribution is -0.386. The summed E-state index contributed by atoms with van der Waals surface area (Å²) in [4.78, 5) is 9.95. The maximum atomic E-state index is 10.8. The first-order valence-corrected chi connectivity index (χ1v) is 6.38. The van der Waals surface area contributed by atoms with Crippen molar-refractivity contribution in [1.29, 1.82) is 0 Å². The van der Waals surface area contributed by atoms with Crippen LogP contribution in [-0.2, 0) is 0 Å². The number of nitrogens with zero attached hydrogens (tertiary/aromatic N) is 1. The molecule has 1 rings (SSSR count). The molecular weight excluding hydrogens is 264 g/mol. The third-order valence-electron chi connectivity index (χ3n) is 3.13. The number of nitrogens with two attached hydrogens (primary N) is 1. The van der Waals surface area contributed by atoms with Crippen LogP contribution in [0.1, 0.15) is 38.3 Å². The van der Waals surface area contributed by atoms with Crippen molar-refractivity contribution in [2.75, 3.05) is 0 Å². The minimum Gasteiger partial charge on any atom is -0.504 e. The molecule has 0 aromatic heterocycles. The van der Waals surface area contributed by atoms with E-state index in [-0.39, 0.29) is 5.56 Å². The van der Waals surface area contributed by atoms with Gasteiger partial charge in [-0.1, -0.05) is 13.8 Å². The molecule has 0 aliphatic rings. The Labute approximate surface area is 116 Å². The fraction of sp³-hybridized carbons (Fsp3) is 0.538. The second-order valence-electron chi connectivity index (χ2n) is 5.23. The number of benzene rings is 1. The Morgan fingerprint density at radius 1 is 1.30 bits per heavy atom. The van der Waals surface area contributed by atoms with Gasteiger partial charge in [0.25, 0.3) is 0 Å². The molecule has 7 heteroatoms. The number of phenols is 2. The quantitative estimate of drug-likeness (QED) is 0.358. The summed E-state index contributed by atoms with van der Waals surface area (Å²) in [6.45, 7) is 4.02. The molecule has 0 heterocycles. The third-order valence-corrected chi connectivity index (χ3v) is 3.13. The van der Waals surface area contributed by atoms with E-state index in [2.05, 4.69) is 0 Å². The number of phenolic OH excluding ortho intramolecular Hbond substituents is 2. The van der Waals surface area contributed by atoms with Crippen LogP contribution < -0.4 is 5.73 Å². The van der Waals surface area contributed by atoms with Crippen molar-refractivity contribution in [2.45, 2.75) is 38.8 Å². The molecule has 0 amide bonds. The van der Waals surface area contributed by atoms with E-state index in [1.54, 1.807) is 0 Å². The van der Waals surface area contributed by atoms with E-state index in [0.717, 1.165) is 18.6 Å². The van der Waals surface area contributed by atoms with Crippen molar-refractivity contribution in [3.05, 3.63) is 27.8 Å². The minimum absolute atomic E-state index is 0.211. The standard InChI is InChI=1S/C13H20N2O5/c1-7(2)3-4-10(16)12(14)8-5-9(15(19)20)13(18)11(17)6-8/h5-7,10,12,16-18H,3-4,14H2,1-2H3/t10-,12+/m1/s1. The summed E-state index contributed by atoms with van der Waals surface area (Å²) >= 11 is 0. The lowest BCUT2D eigenvalue weighted by atomic mass is 9.95. The second-order valence-corrected chi connectivity index (χ2v) is 5.23. The first kappa shape index (κ1) is 16.2. The summed E-state index contributed by atoms with van der Waals surface area (Å²) in [5.74, 6) is -1.03. The lowest BCUT2D eigenvalue weighted by Crippen LogP contribution is -2.26. The highest BCUT2D eigenvalue weighted by atomic mass is 16.6. The SMILES string of the molecule is CC(C)CC[C@@H](O)[C@@H](N)c1cc(O)c(O)c([N+](=O)[O-])c1. The fourth-order valence-electron chi connectivity index (χ4n) is 1.86. The highest BCUT2D eigenvalue weighted by Crippen LogP contribution is 2.38. The molecule has 0 saturated carbocycles. The fourth-order valence-corrected chi connectivity index (χ4v) is 1.86. The molecular formula is C13H20N2O5. The van der Waals surface area contributed by atoms with Gasteiger partial charge in [0.2, 0.25) is 5.75 Å². The molecule has 7 nitrogen and oxygen atoms in total. The molecule has 0 bridgehead atoms. The molecule has 0 fully saturated rings. The molecule has 1 aromatic rings.